The van der Waals surface area contributed by atoms with Crippen LogP contribution >= 0.6 is 62.5 Å². The second kappa shape index (κ2) is 9.75. The van der Waals surface area contributed by atoms with Crippen LogP contribution in [-0.4, -0.2) is 22.6 Å². The molecule has 0 unspecified atom stereocenters. The van der Waals surface area contributed by atoms with Crippen LogP contribution in [0.5, 0.6) is 5.75 Å². The van der Waals surface area contributed by atoms with Gasteiger partial charge in [0.25, 0.3) is 11.1 Å². The Morgan fingerprint density at radius 2 is 1.86 bits per heavy atom. The minimum atomic E-state index is -0.283. The lowest BCUT2D eigenvalue weighted by atomic mass is 10.2. The Balaban J connectivity index is 1.78. The number of imide groups is 1. The maximum absolute atomic E-state index is 12.4. The first-order valence-electron chi connectivity index (χ1n) is 8.61. The predicted molar refractivity (Wildman–Crippen MR) is 123 cm³/mol. The molecule has 1 heterocycles. The molecule has 2 aromatic carbocycles. The Morgan fingerprint density at radius 1 is 1.10 bits per heavy atom. The molecule has 1 aliphatic heterocycles. The van der Waals surface area contributed by atoms with Gasteiger partial charge in [0, 0.05) is 6.54 Å². The van der Waals surface area contributed by atoms with E-state index in [1.165, 1.54) is 4.90 Å². The van der Waals surface area contributed by atoms with E-state index in [-0.39, 0.29) is 17.8 Å². The maximum atomic E-state index is 12.4. The van der Waals surface area contributed by atoms with Gasteiger partial charge in [-0.2, -0.15) is 0 Å². The van der Waals surface area contributed by atoms with Crippen molar-refractivity contribution < 1.29 is 14.3 Å². The van der Waals surface area contributed by atoms with Gasteiger partial charge in [-0.1, -0.05) is 47.8 Å². The first-order valence-corrected chi connectivity index (χ1v) is 11.4. The molecule has 1 aliphatic rings. The average Bonchev–Trinajstić information content (AvgIpc) is 2.91. The average molecular weight is 536 g/mol. The molecule has 1 saturated heterocycles. The van der Waals surface area contributed by atoms with E-state index in [4.69, 9.17) is 39.5 Å². The van der Waals surface area contributed by atoms with Gasteiger partial charge in [0.15, 0.2) is 5.75 Å². The number of halogens is 4. The number of hydrogen-bond donors (Lipinski definition) is 0. The van der Waals surface area contributed by atoms with Gasteiger partial charge in [0.2, 0.25) is 0 Å². The largest absolute Gasteiger partial charge is 0.486 e. The molecule has 9 heteroatoms. The Bertz CT molecular complexity index is 989. The first-order chi connectivity index (χ1) is 13.8. The smallest absolute Gasteiger partial charge is 0.293 e. The Labute approximate surface area is 196 Å². The van der Waals surface area contributed by atoms with E-state index in [0.29, 0.717) is 48.7 Å². The summed E-state index contributed by atoms with van der Waals surface area (Å²) in [5.74, 6) is 0.183. The number of amides is 2. The summed E-state index contributed by atoms with van der Waals surface area (Å²) in [6.07, 6.45) is 2.37. The van der Waals surface area contributed by atoms with Gasteiger partial charge in [-0.05, 0) is 75.6 Å². The minimum Gasteiger partial charge on any atom is -0.486 e. The van der Waals surface area contributed by atoms with Crippen LogP contribution in [0.4, 0.5) is 4.79 Å². The fourth-order valence-corrected chi connectivity index (χ4v) is 4.83. The molecular weight excluding hydrogens is 521 g/mol. The molecule has 0 atom stereocenters. The summed E-state index contributed by atoms with van der Waals surface area (Å²) in [5, 5.41) is 1.04. The molecule has 0 radical (unpaired) electrons. The molecule has 152 valence electrons. The third-order valence-electron chi connectivity index (χ3n) is 4.01. The van der Waals surface area contributed by atoms with Gasteiger partial charge in [0.1, 0.15) is 6.61 Å². The van der Waals surface area contributed by atoms with Crippen LogP contribution in [0.2, 0.25) is 15.1 Å². The number of nitrogens with zero attached hydrogens (tertiary/aromatic N) is 1. The third-order valence-corrected chi connectivity index (χ3v) is 6.52. The highest BCUT2D eigenvalue weighted by Crippen LogP contribution is 2.38. The SMILES string of the molecule is CCCN1C(=O)S/C(=C/c2cc(Cl)c(OCc3ccc(Cl)c(Cl)c3)c(Br)c2)C1=O. The zero-order chi connectivity index (χ0) is 21.1. The summed E-state index contributed by atoms with van der Waals surface area (Å²) in [7, 11) is 0. The molecule has 2 amide bonds. The number of hydrogen-bond acceptors (Lipinski definition) is 4. The van der Waals surface area contributed by atoms with Crippen molar-refractivity contribution in [3.05, 3.63) is 65.9 Å². The van der Waals surface area contributed by atoms with Crippen LogP contribution in [-0.2, 0) is 11.4 Å². The molecular formula is C20H15BrCl3NO3S. The van der Waals surface area contributed by atoms with E-state index in [0.717, 1.165) is 17.3 Å². The minimum absolute atomic E-state index is 0.254. The van der Waals surface area contributed by atoms with Crippen LogP contribution < -0.4 is 4.74 Å². The van der Waals surface area contributed by atoms with E-state index >= 15 is 0 Å². The van der Waals surface area contributed by atoms with Crippen molar-refractivity contribution >= 4 is 79.7 Å². The van der Waals surface area contributed by atoms with E-state index in [9.17, 15) is 9.59 Å². The summed E-state index contributed by atoms with van der Waals surface area (Å²) < 4.78 is 6.45. The second-order valence-electron chi connectivity index (χ2n) is 6.18. The Morgan fingerprint density at radius 3 is 2.52 bits per heavy atom. The van der Waals surface area contributed by atoms with Gasteiger partial charge < -0.3 is 4.74 Å². The fraction of sp³-hybridized carbons (Fsp3) is 0.200. The molecule has 0 bridgehead atoms. The van der Waals surface area contributed by atoms with Crippen LogP contribution in [0.1, 0.15) is 24.5 Å². The summed E-state index contributed by atoms with van der Waals surface area (Å²) >= 11 is 22.7. The van der Waals surface area contributed by atoms with Gasteiger partial charge in [-0.25, -0.2) is 0 Å². The van der Waals surface area contributed by atoms with Crippen molar-refractivity contribution in [1.82, 2.24) is 4.90 Å². The number of thioether (sulfide) groups is 1. The van der Waals surface area contributed by atoms with Crippen molar-refractivity contribution in [3.63, 3.8) is 0 Å². The molecule has 0 aromatic heterocycles. The maximum Gasteiger partial charge on any atom is 0.293 e. The van der Waals surface area contributed by atoms with Crippen LogP contribution in [0.25, 0.3) is 6.08 Å². The zero-order valence-electron chi connectivity index (χ0n) is 15.2. The van der Waals surface area contributed by atoms with Gasteiger partial charge >= 0.3 is 0 Å². The lowest BCUT2D eigenvalue weighted by Gasteiger charge is -2.12. The molecule has 0 aliphatic carbocycles. The Hall–Kier alpha value is -1.18. The molecule has 1 fully saturated rings. The summed E-state index contributed by atoms with van der Waals surface area (Å²) in [6, 6.07) is 8.71. The van der Waals surface area contributed by atoms with Gasteiger partial charge in [0.05, 0.1) is 24.4 Å². The Kier molecular flexibility index (Phi) is 7.57. The van der Waals surface area contributed by atoms with Gasteiger partial charge in [-0.15, -0.1) is 0 Å². The highest BCUT2D eigenvalue weighted by Gasteiger charge is 2.34. The van der Waals surface area contributed by atoms with E-state index in [1.807, 2.05) is 13.0 Å². The van der Waals surface area contributed by atoms with Crippen molar-refractivity contribution in [2.45, 2.75) is 20.0 Å². The van der Waals surface area contributed by atoms with Crippen molar-refractivity contribution in [2.24, 2.45) is 0 Å². The highest BCUT2D eigenvalue weighted by molar-refractivity contribution is 9.10. The van der Waals surface area contributed by atoms with Crippen LogP contribution in [0.15, 0.2) is 39.7 Å². The third kappa shape index (κ3) is 5.30. The lowest BCUT2D eigenvalue weighted by molar-refractivity contribution is -0.122. The number of ether oxygens (including phenoxy) is 1. The predicted octanol–water partition coefficient (Wildman–Crippen LogP) is 7.43. The first kappa shape index (κ1) is 22.5. The van der Waals surface area contributed by atoms with Crippen molar-refractivity contribution in [1.29, 1.82) is 0 Å². The number of rotatable bonds is 6. The molecule has 29 heavy (non-hydrogen) atoms. The van der Waals surface area contributed by atoms with Crippen molar-refractivity contribution in [3.8, 4) is 5.75 Å². The van der Waals surface area contributed by atoms with Crippen LogP contribution in [0, 0.1) is 0 Å². The molecule has 0 N–H and O–H groups in total. The monoisotopic (exact) mass is 533 g/mol. The van der Waals surface area contributed by atoms with E-state index in [1.54, 1.807) is 30.3 Å². The second-order valence-corrected chi connectivity index (χ2v) is 9.25. The van der Waals surface area contributed by atoms with Crippen LogP contribution in [0.3, 0.4) is 0 Å². The zero-order valence-corrected chi connectivity index (χ0v) is 19.8. The molecule has 0 saturated carbocycles. The van der Waals surface area contributed by atoms with Gasteiger partial charge in [-0.3, -0.25) is 14.5 Å². The number of carbonyl (C=O) groups is 2. The van der Waals surface area contributed by atoms with Crippen molar-refractivity contribution in [2.75, 3.05) is 6.54 Å². The normalized spacial score (nSPS) is 15.5. The summed E-state index contributed by atoms with van der Waals surface area (Å²) in [4.78, 5) is 26.0. The number of carbonyl (C=O) groups excluding carboxylic acids is 2. The van der Waals surface area contributed by atoms with E-state index < -0.39 is 0 Å². The summed E-state index contributed by atoms with van der Waals surface area (Å²) in [6.45, 7) is 2.58. The molecule has 0 spiro atoms. The molecule has 2 aromatic rings. The lowest BCUT2D eigenvalue weighted by Crippen LogP contribution is -2.28. The highest BCUT2D eigenvalue weighted by atomic mass is 79.9. The fourth-order valence-electron chi connectivity index (χ4n) is 2.65. The molecule has 3 rings (SSSR count). The topological polar surface area (TPSA) is 46.6 Å². The quantitative estimate of drug-likeness (QED) is 0.361. The number of benzene rings is 2. The van der Waals surface area contributed by atoms with E-state index in [2.05, 4.69) is 15.9 Å². The summed E-state index contributed by atoms with van der Waals surface area (Å²) in [5.41, 5.74) is 1.53. The molecule has 4 nitrogen and oxygen atoms in total. The standard InChI is InChI=1S/C20H15BrCl3NO3S/c1-2-5-25-19(26)17(29-20(25)27)9-12-6-13(21)18(16(24)8-12)28-10-11-3-4-14(22)15(23)7-11/h3-4,6-9H,2,5,10H2,1H3/b17-9+.